The third-order valence-electron chi connectivity index (χ3n) is 1.37. The van der Waals surface area contributed by atoms with Gasteiger partial charge in [0.1, 0.15) is 4.99 Å². The van der Waals surface area contributed by atoms with Crippen LogP contribution < -0.4 is 0 Å². The molecule has 0 saturated carbocycles. The number of nitrogens with zero attached hydrogens (tertiary/aromatic N) is 1. The van der Waals surface area contributed by atoms with Crippen LogP contribution in [0.15, 0.2) is 23.6 Å². The second-order valence-electron chi connectivity index (χ2n) is 2.58. The number of thiocarbonyl (C=S) groups is 1. The van der Waals surface area contributed by atoms with Gasteiger partial charge in [0.25, 0.3) is 0 Å². The standard InChI is InChI=1S/C9H11NS2/c1-10(2)9(11)6-5-8-4-3-7-12-8/h3-7H,1-2H3/b6-5+. The zero-order chi connectivity index (χ0) is 8.97. The topological polar surface area (TPSA) is 3.24 Å². The maximum Gasteiger partial charge on any atom is 0.101 e. The minimum absolute atomic E-state index is 0.850. The van der Waals surface area contributed by atoms with Crippen LogP contribution in [-0.4, -0.2) is 24.0 Å². The van der Waals surface area contributed by atoms with E-state index in [1.54, 1.807) is 11.3 Å². The Morgan fingerprint density at radius 1 is 1.58 bits per heavy atom. The lowest BCUT2D eigenvalue weighted by Gasteiger charge is -2.08. The predicted molar refractivity (Wildman–Crippen MR) is 59.6 cm³/mol. The van der Waals surface area contributed by atoms with Gasteiger partial charge in [0.05, 0.1) is 0 Å². The maximum atomic E-state index is 5.09. The van der Waals surface area contributed by atoms with E-state index >= 15 is 0 Å². The van der Waals surface area contributed by atoms with E-state index in [0.29, 0.717) is 0 Å². The van der Waals surface area contributed by atoms with Gasteiger partial charge >= 0.3 is 0 Å². The Bertz CT molecular complexity index is 273. The van der Waals surface area contributed by atoms with Crippen LogP contribution in [0.3, 0.4) is 0 Å². The van der Waals surface area contributed by atoms with Crippen LogP contribution in [0, 0.1) is 0 Å². The molecule has 0 fully saturated rings. The summed E-state index contributed by atoms with van der Waals surface area (Å²) < 4.78 is 0. The van der Waals surface area contributed by atoms with E-state index in [2.05, 4.69) is 11.4 Å². The second kappa shape index (κ2) is 4.38. The minimum Gasteiger partial charge on any atom is -0.369 e. The first-order valence-corrected chi connectivity index (χ1v) is 4.92. The Hall–Kier alpha value is -0.670. The Morgan fingerprint density at radius 2 is 2.33 bits per heavy atom. The third kappa shape index (κ3) is 2.75. The van der Waals surface area contributed by atoms with Crippen molar-refractivity contribution in [2.24, 2.45) is 0 Å². The number of likely N-dealkylation sites (N-methyl/N-ethyl adjacent to an activating group) is 1. The summed E-state index contributed by atoms with van der Waals surface area (Å²) >= 11 is 6.81. The zero-order valence-corrected chi connectivity index (χ0v) is 8.78. The van der Waals surface area contributed by atoms with Crippen molar-refractivity contribution in [3.63, 3.8) is 0 Å². The fourth-order valence-electron chi connectivity index (χ4n) is 0.689. The van der Waals surface area contributed by atoms with Gasteiger partial charge in [-0.25, -0.2) is 0 Å². The van der Waals surface area contributed by atoms with Gasteiger partial charge in [0.2, 0.25) is 0 Å². The van der Waals surface area contributed by atoms with Gasteiger partial charge in [-0.3, -0.25) is 0 Å². The molecule has 0 saturated heterocycles. The summed E-state index contributed by atoms with van der Waals surface area (Å²) in [6, 6.07) is 4.10. The van der Waals surface area contributed by atoms with Crippen molar-refractivity contribution in [2.75, 3.05) is 14.1 Å². The maximum absolute atomic E-state index is 5.09. The van der Waals surface area contributed by atoms with Gasteiger partial charge < -0.3 is 4.90 Å². The first-order chi connectivity index (χ1) is 5.70. The van der Waals surface area contributed by atoms with Gasteiger partial charge in [-0.2, -0.15) is 0 Å². The first kappa shape index (κ1) is 9.42. The van der Waals surface area contributed by atoms with Crippen molar-refractivity contribution in [1.82, 2.24) is 4.90 Å². The van der Waals surface area contributed by atoms with Crippen LogP contribution in [-0.2, 0) is 0 Å². The van der Waals surface area contributed by atoms with E-state index in [-0.39, 0.29) is 0 Å². The molecular weight excluding hydrogens is 186 g/mol. The summed E-state index contributed by atoms with van der Waals surface area (Å²) in [6.07, 6.45) is 3.98. The van der Waals surface area contributed by atoms with Crippen molar-refractivity contribution < 1.29 is 0 Å². The Morgan fingerprint density at radius 3 is 2.83 bits per heavy atom. The summed E-state index contributed by atoms with van der Waals surface area (Å²) in [5, 5.41) is 2.05. The highest BCUT2D eigenvalue weighted by Crippen LogP contribution is 2.10. The van der Waals surface area contributed by atoms with Gasteiger partial charge in [-0.1, -0.05) is 18.3 Å². The molecule has 0 aromatic carbocycles. The van der Waals surface area contributed by atoms with Crippen molar-refractivity contribution in [3.05, 3.63) is 28.5 Å². The van der Waals surface area contributed by atoms with Crippen LogP contribution in [0.4, 0.5) is 0 Å². The average Bonchev–Trinajstić information content (AvgIpc) is 2.51. The molecule has 0 spiro atoms. The molecule has 0 aliphatic rings. The van der Waals surface area contributed by atoms with Crippen LogP contribution in [0.2, 0.25) is 0 Å². The molecule has 1 heterocycles. The van der Waals surface area contributed by atoms with Crippen molar-refractivity contribution in [3.8, 4) is 0 Å². The van der Waals surface area contributed by atoms with Crippen molar-refractivity contribution in [2.45, 2.75) is 0 Å². The highest BCUT2D eigenvalue weighted by Gasteiger charge is 1.91. The van der Waals surface area contributed by atoms with Gasteiger partial charge in [-0.05, 0) is 23.6 Å². The molecule has 64 valence electrons. The second-order valence-corrected chi connectivity index (χ2v) is 3.98. The third-order valence-corrected chi connectivity index (χ3v) is 2.71. The smallest absolute Gasteiger partial charge is 0.101 e. The van der Waals surface area contributed by atoms with Gasteiger partial charge in [-0.15, -0.1) is 11.3 Å². The van der Waals surface area contributed by atoms with E-state index in [1.807, 2.05) is 37.2 Å². The molecule has 0 atom stereocenters. The van der Waals surface area contributed by atoms with Crippen LogP contribution in [0.5, 0.6) is 0 Å². The molecule has 1 aromatic heterocycles. The number of rotatable bonds is 2. The molecule has 12 heavy (non-hydrogen) atoms. The number of thiophene rings is 1. The zero-order valence-electron chi connectivity index (χ0n) is 7.15. The summed E-state index contributed by atoms with van der Waals surface area (Å²) in [4.78, 5) is 4.00. The molecule has 0 aliphatic carbocycles. The Balaban J connectivity index is 2.57. The number of hydrogen-bond donors (Lipinski definition) is 0. The largest absolute Gasteiger partial charge is 0.369 e. The summed E-state index contributed by atoms with van der Waals surface area (Å²) in [5.41, 5.74) is 0. The molecule has 0 unspecified atom stereocenters. The van der Waals surface area contributed by atoms with Crippen LogP contribution in [0.25, 0.3) is 6.08 Å². The molecule has 0 aliphatic heterocycles. The highest BCUT2D eigenvalue weighted by atomic mass is 32.1. The molecule has 0 bridgehead atoms. The van der Waals surface area contributed by atoms with Crippen molar-refractivity contribution in [1.29, 1.82) is 0 Å². The SMILES string of the molecule is CN(C)C(=S)/C=C/c1cccs1. The summed E-state index contributed by atoms with van der Waals surface area (Å²) in [5.74, 6) is 0. The summed E-state index contributed by atoms with van der Waals surface area (Å²) in [6.45, 7) is 0. The van der Waals surface area contributed by atoms with Gasteiger partial charge in [0.15, 0.2) is 0 Å². The fourth-order valence-corrected chi connectivity index (χ4v) is 1.37. The molecule has 3 heteroatoms. The molecule has 1 rings (SSSR count). The van der Waals surface area contributed by atoms with Crippen LogP contribution >= 0.6 is 23.6 Å². The molecular formula is C9H11NS2. The molecule has 0 amide bonds. The lowest BCUT2D eigenvalue weighted by Crippen LogP contribution is -2.16. The molecule has 0 radical (unpaired) electrons. The quantitative estimate of drug-likeness (QED) is 0.529. The van der Waals surface area contributed by atoms with E-state index in [4.69, 9.17) is 12.2 Å². The van der Waals surface area contributed by atoms with E-state index in [9.17, 15) is 0 Å². The summed E-state index contributed by atoms with van der Waals surface area (Å²) in [7, 11) is 3.89. The number of hydrogen-bond acceptors (Lipinski definition) is 2. The van der Waals surface area contributed by atoms with E-state index in [1.165, 1.54) is 4.88 Å². The fraction of sp³-hybridized carbons (Fsp3) is 0.222. The molecule has 0 N–H and O–H groups in total. The monoisotopic (exact) mass is 197 g/mol. The lowest BCUT2D eigenvalue weighted by atomic mass is 10.4. The lowest BCUT2D eigenvalue weighted by molar-refractivity contribution is 0.639. The predicted octanol–water partition coefficient (Wildman–Crippen LogP) is 2.65. The van der Waals surface area contributed by atoms with E-state index in [0.717, 1.165) is 4.99 Å². The van der Waals surface area contributed by atoms with Gasteiger partial charge in [0, 0.05) is 19.0 Å². The normalized spacial score (nSPS) is 10.5. The van der Waals surface area contributed by atoms with Crippen molar-refractivity contribution >= 4 is 34.6 Å². The Labute approximate surface area is 82.3 Å². The highest BCUT2D eigenvalue weighted by molar-refractivity contribution is 7.80. The minimum atomic E-state index is 0.850. The average molecular weight is 197 g/mol. The molecule has 1 aromatic rings. The van der Waals surface area contributed by atoms with E-state index < -0.39 is 0 Å². The molecule has 1 nitrogen and oxygen atoms in total. The van der Waals surface area contributed by atoms with Crippen LogP contribution in [0.1, 0.15) is 4.88 Å². The first-order valence-electron chi connectivity index (χ1n) is 3.63. The Kier molecular flexibility index (Phi) is 3.44.